The molecule has 0 saturated heterocycles. The molecule has 0 radical (unpaired) electrons. The molecule has 2 aromatic carbocycles. The molecule has 2 aromatic rings. The molecule has 0 saturated carbocycles. The summed E-state index contributed by atoms with van der Waals surface area (Å²) in [5.41, 5.74) is 3.70. The Morgan fingerprint density at radius 3 is 2.55 bits per heavy atom. The lowest BCUT2D eigenvalue weighted by molar-refractivity contribution is -0.110. The zero-order valence-corrected chi connectivity index (χ0v) is 11.3. The molecule has 0 spiro atoms. The first-order chi connectivity index (χ1) is 9.75. The van der Waals surface area contributed by atoms with Crippen LogP contribution in [0.15, 0.2) is 60.8 Å². The van der Waals surface area contributed by atoms with Gasteiger partial charge in [0.2, 0.25) is 0 Å². The maximum absolute atomic E-state index is 12.0. The summed E-state index contributed by atoms with van der Waals surface area (Å²) in [5.74, 6) is -0.0565. The Morgan fingerprint density at radius 1 is 1.05 bits per heavy atom. The molecule has 0 aliphatic carbocycles. The van der Waals surface area contributed by atoms with E-state index in [0.717, 1.165) is 11.3 Å². The Bertz CT molecular complexity index is 662. The summed E-state index contributed by atoms with van der Waals surface area (Å²) in [4.78, 5) is 12.0. The van der Waals surface area contributed by atoms with Gasteiger partial charge in [-0.15, -0.1) is 0 Å². The van der Waals surface area contributed by atoms with Crippen LogP contribution in [0.25, 0.3) is 5.57 Å². The van der Waals surface area contributed by atoms with E-state index in [0.29, 0.717) is 5.57 Å². The zero-order chi connectivity index (χ0) is 13.9. The van der Waals surface area contributed by atoms with Gasteiger partial charge < -0.3 is 10.6 Å². The van der Waals surface area contributed by atoms with Crippen LogP contribution in [0.3, 0.4) is 0 Å². The number of anilines is 1. The van der Waals surface area contributed by atoms with Crippen molar-refractivity contribution in [3.8, 4) is 0 Å². The molecule has 3 rings (SSSR count). The van der Waals surface area contributed by atoms with E-state index in [2.05, 4.69) is 29.7 Å². The highest BCUT2D eigenvalue weighted by molar-refractivity contribution is 6.31. The van der Waals surface area contributed by atoms with Crippen LogP contribution in [-0.4, -0.2) is 5.91 Å². The summed E-state index contributed by atoms with van der Waals surface area (Å²) in [6.07, 6.45) is 1.80. The van der Waals surface area contributed by atoms with Gasteiger partial charge in [0, 0.05) is 23.5 Å². The molecule has 100 valence electrons. The fourth-order valence-corrected chi connectivity index (χ4v) is 2.33. The van der Waals surface area contributed by atoms with Crippen LogP contribution >= 0.6 is 0 Å². The second kappa shape index (κ2) is 5.21. The van der Waals surface area contributed by atoms with Gasteiger partial charge in [0.1, 0.15) is 0 Å². The van der Waals surface area contributed by atoms with Crippen molar-refractivity contribution in [3.05, 3.63) is 71.9 Å². The molecule has 1 aliphatic rings. The topological polar surface area (TPSA) is 41.1 Å². The lowest BCUT2D eigenvalue weighted by Crippen LogP contribution is -2.14. The van der Waals surface area contributed by atoms with E-state index in [1.54, 1.807) is 6.20 Å². The van der Waals surface area contributed by atoms with Gasteiger partial charge in [0.15, 0.2) is 0 Å². The van der Waals surface area contributed by atoms with E-state index in [-0.39, 0.29) is 11.9 Å². The third kappa shape index (κ3) is 2.30. The molecule has 1 unspecified atom stereocenters. The van der Waals surface area contributed by atoms with Crippen LogP contribution in [0.2, 0.25) is 0 Å². The van der Waals surface area contributed by atoms with Crippen LogP contribution in [0.1, 0.15) is 24.1 Å². The summed E-state index contributed by atoms with van der Waals surface area (Å²) in [5, 5.41) is 6.15. The minimum absolute atomic E-state index is 0.0565. The second-order valence-electron chi connectivity index (χ2n) is 4.86. The van der Waals surface area contributed by atoms with Gasteiger partial charge in [0.25, 0.3) is 5.91 Å². The van der Waals surface area contributed by atoms with Gasteiger partial charge in [-0.1, -0.05) is 48.5 Å². The highest BCUT2D eigenvalue weighted by Gasteiger charge is 2.23. The van der Waals surface area contributed by atoms with Gasteiger partial charge in [-0.05, 0) is 18.6 Å². The number of carbonyl (C=O) groups excluding carboxylic acids is 1. The highest BCUT2D eigenvalue weighted by Crippen LogP contribution is 2.30. The lowest BCUT2D eigenvalue weighted by atomic mass is 10.1. The normalized spacial score (nSPS) is 16.6. The molecule has 1 heterocycles. The van der Waals surface area contributed by atoms with E-state index in [1.807, 2.05) is 42.5 Å². The fraction of sp³-hybridized carbons (Fsp3) is 0.118. The van der Waals surface area contributed by atoms with E-state index in [4.69, 9.17) is 0 Å². The summed E-state index contributed by atoms with van der Waals surface area (Å²) in [6, 6.07) is 18.0. The van der Waals surface area contributed by atoms with Gasteiger partial charge in [-0.3, -0.25) is 4.79 Å². The van der Waals surface area contributed by atoms with Gasteiger partial charge in [-0.2, -0.15) is 0 Å². The molecule has 0 fully saturated rings. The Labute approximate surface area is 118 Å². The summed E-state index contributed by atoms with van der Waals surface area (Å²) in [6.45, 7) is 2.07. The van der Waals surface area contributed by atoms with E-state index < -0.39 is 0 Å². The zero-order valence-electron chi connectivity index (χ0n) is 11.3. The van der Waals surface area contributed by atoms with Crippen LogP contribution in [0.5, 0.6) is 0 Å². The number of carbonyl (C=O) groups is 1. The number of para-hydroxylation sites is 1. The lowest BCUT2D eigenvalue weighted by Gasteiger charge is -2.12. The molecular weight excluding hydrogens is 248 g/mol. The number of amides is 1. The van der Waals surface area contributed by atoms with Gasteiger partial charge in [0.05, 0.1) is 5.57 Å². The molecule has 1 atom stereocenters. The number of nitrogens with one attached hydrogen (secondary N) is 2. The van der Waals surface area contributed by atoms with Crippen molar-refractivity contribution in [1.82, 2.24) is 5.32 Å². The Hall–Kier alpha value is -2.55. The fourth-order valence-electron chi connectivity index (χ4n) is 2.33. The maximum Gasteiger partial charge on any atom is 0.257 e. The molecule has 0 bridgehead atoms. The SMILES string of the molecule is CC(N/C=C1\C(=O)Nc2ccccc21)c1ccccc1. The summed E-state index contributed by atoms with van der Waals surface area (Å²) in [7, 11) is 0. The quantitative estimate of drug-likeness (QED) is 0.835. The summed E-state index contributed by atoms with van der Waals surface area (Å²) < 4.78 is 0. The summed E-state index contributed by atoms with van der Waals surface area (Å²) >= 11 is 0. The van der Waals surface area contributed by atoms with Crippen molar-refractivity contribution >= 4 is 17.2 Å². The predicted molar refractivity (Wildman–Crippen MR) is 81.0 cm³/mol. The first-order valence-corrected chi connectivity index (χ1v) is 6.67. The van der Waals surface area contributed by atoms with E-state index >= 15 is 0 Å². The molecule has 20 heavy (non-hydrogen) atoms. The number of hydrogen-bond donors (Lipinski definition) is 2. The van der Waals surface area contributed by atoms with Gasteiger partial charge in [-0.25, -0.2) is 0 Å². The molecule has 1 amide bonds. The molecule has 0 aromatic heterocycles. The van der Waals surface area contributed by atoms with Crippen molar-refractivity contribution < 1.29 is 4.79 Å². The Morgan fingerprint density at radius 2 is 1.75 bits per heavy atom. The average molecular weight is 264 g/mol. The van der Waals surface area contributed by atoms with Gasteiger partial charge >= 0.3 is 0 Å². The third-order valence-electron chi connectivity index (χ3n) is 3.49. The second-order valence-corrected chi connectivity index (χ2v) is 4.86. The number of benzene rings is 2. The predicted octanol–water partition coefficient (Wildman–Crippen LogP) is 3.33. The Balaban J connectivity index is 1.82. The minimum atomic E-state index is -0.0565. The first-order valence-electron chi connectivity index (χ1n) is 6.67. The monoisotopic (exact) mass is 264 g/mol. The van der Waals surface area contributed by atoms with Crippen LogP contribution in [0.4, 0.5) is 5.69 Å². The number of hydrogen-bond acceptors (Lipinski definition) is 2. The maximum atomic E-state index is 12.0. The standard InChI is InChI=1S/C17H16N2O/c1-12(13-7-3-2-4-8-13)18-11-15-14-9-5-6-10-16(14)19-17(15)20/h2-12,18H,1H3,(H,19,20)/b15-11-. The molecular formula is C17H16N2O. The third-order valence-corrected chi connectivity index (χ3v) is 3.49. The van der Waals surface area contributed by atoms with Crippen LogP contribution in [0, 0.1) is 0 Å². The van der Waals surface area contributed by atoms with Crippen molar-refractivity contribution in [2.75, 3.05) is 5.32 Å². The van der Waals surface area contributed by atoms with E-state index in [9.17, 15) is 4.79 Å². The number of fused-ring (bicyclic) bond motifs is 1. The molecule has 3 heteroatoms. The largest absolute Gasteiger partial charge is 0.384 e. The highest BCUT2D eigenvalue weighted by atomic mass is 16.2. The molecule has 1 aliphatic heterocycles. The van der Waals surface area contributed by atoms with Crippen LogP contribution in [-0.2, 0) is 4.79 Å². The van der Waals surface area contributed by atoms with E-state index in [1.165, 1.54) is 5.56 Å². The van der Waals surface area contributed by atoms with Crippen molar-refractivity contribution in [2.24, 2.45) is 0 Å². The minimum Gasteiger partial charge on any atom is -0.384 e. The smallest absolute Gasteiger partial charge is 0.257 e. The number of rotatable bonds is 3. The Kier molecular flexibility index (Phi) is 3.25. The van der Waals surface area contributed by atoms with Crippen LogP contribution < -0.4 is 10.6 Å². The first kappa shape index (κ1) is 12.5. The molecule has 3 nitrogen and oxygen atoms in total. The average Bonchev–Trinajstić information content (AvgIpc) is 2.81. The van der Waals surface area contributed by atoms with Crippen molar-refractivity contribution in [3.63, 3.8) is 0 Å². The van der Waals surface area contributed by atoms with Crippen molar-refractivity contribution in [2.45, 2.75) is 13.0 Å². The van der Waals surface area contributed by atoms with Crippen molar-refractivity contribution in [1.29, 1.82) is 0 Å². The molecule has 2 N–H and O–H groups in total.